The molecule has 0 radical (unpaired) electrons. The number of ether oxygens (including phenoxy) is 4. The molecular formula is C24H35NO7. The number of methoxy groups -OCH3 is 2. The number of hydrogen-bond donors (Lipinski definition) is 2. The van der Waals surface area contributed by atoms with E-state index in [2.05, 4.69) is 18.7 Å². The summed E-state index contributed by atoms with van der Waals surface area (Å²) in [6, 6.07) is -0.288. The van der Waals surface area contributed by atoms with Crippen LogP contribution in [0.15, 0.2) is 0 Å². The molecule has 8 heteroatoms. The summed E-state index contributed by atoms with van der Waals surface area (Å²) in [7, 11) is 3.34. The largest absolute Gasteiger partial charge is 0.390 e. The third-order valence-electron chi connectivity index (χ3n) is 11.4. The molecule has 2 aliphatic heterocycles. The standard InChI is InChI=1S/C24H35NO7/c1-5-25-10-20(2)7-6-14(30-4)23-17(20)18(27)24(19(23)25)22(31-11-32-24)9-13(29-3)12-8-21(23,28)16(22)15(12)26/h12-14,16-19,27-28H,5-11H2,1-4H3/t12-,13+,14+,16+,17-,18+,19?,20+,21+,22-,23-,24-/m1/s1. The van der Waals surface area contributed by atoms with Crippen LogP contribution in [0, 0.1) is 28.6 Å². The summed E-state index contributed by atoms with van der Waals surface area (Å²) in [6.07, 6.45) is 1.01. The average Bonchev–Trinajstić information content (AvgIpc) is 3.29. The SMILES string of the molecule is CCN1C[C@]2(C)CC[C@H](OC)[C@@]34C1[C@]1(OCO[C@@]15C[C@H](OC)[C@H]1C[C@]3(O)[C@@H]5C1=O)[C@@H](O)[C@H]24. The van der Waals surface area contributed by atoms with E-state index < -0.39 is 34.2 Å². The second kappa shape index (κ2) is 5.78. The van der Waals surface area contributed by atoms with Crippen molar-refractivity contribution in [3.8, 4) is 0 Å². The Kier molecular flexibility index (Phi) is 3.75. The molecule has 7 bridgehead atoms. The van der Waals surface area contributed by atoms with Crippen LogP contribution in [0.1, 0.15) is 39.5 Å². The lowest BCUT2D eigenvalue weighted by Crippen LogP contribution is -2.85. The maximum absolute atomic E-state index is 13.9. The first-order chi connectivity index (χ1) is 15.2. The molecule has 7 fully saturated rings. The summed E-state index contributed by atoms with van der Waals surface area (Å²) in [4.78, 5) is 16.3. The Morgan fingerprint density at radius 1 is 1.22 bits per heavy atom. The smallest absolute Gasteiger partial charge is 0.148 e. The van der Waals surface area contributed by atoms with Crippen LogP contribution in [-0.4, -0.2) is 96.2 Å². The highest BCUT2D eigenvalue weighted by atomic mass is 16.7. The van der Waals surface area contributed by atoms with E-state index in [1.165, 1.54) is 0 Å². The van der Waals surface area contributed by atoms with Crippen molar-refractivity contribution in [3.05, 3.63) is 0 Å². The molecule has 2 heterocycles. The predicted octanol–water partition coefficient (Wildman–Crippen LogP) is 0.333. The number of fused-ring (bicyclic) bond motifs is 1. The van der Waals surface area contributed by atoms with Crippen molar-refractivity contribution in [2.24, 2.45) is 28.6 Å². The Bertz CT molecular complexity index is 900. The number of aliphatic hydroxyl groups excluding tert-OH is 1. The second-order valence-corrected chi connectivity index (χ2v) is 11.9. The highest BCUT2D eigenvalue weighted by molar-refractivity contribution is 5.92. The topological polar surface area (TPSA) is 97.7 Å². The van der Waals surface area contributed by atoms with Crippen molar-refractivity contribution in [2.75, 3.05) is 34.1 Å². The van der Waals surface area contributed by atoms with E-state index >= 15 is 0 Å². The summed E-state index contributed by atoms with van der Waals surface area (Å²) in [5.41, 5.74) is -4.56. The van der Waals surface area contributed by atoms with Gasteiger partial charge in [0.05, 0.1) is 41.3 Å². The van der Waals surface area contributed by atoms with Crippen LogP contribution in [-0.2, 0) is 23.7 Å². The molecule has 0 aromatic rings. The molecule has 1 unspecified atom stereocenters. The van der Waals surface area contributed by atoms with Gasteiger partial charge in [-0.05, 0) is 31.2 Å². The molecule has 178 valence electrons. The summed E-state index contributed by atoms with van der Waals surface area (Å²) in [5.74, 6) is -1.32. The number of likely N-dealkylation sites (tertiary alicyclic amines) is 1. The molecular weight excluding hydrogens is 414 g/mol. The number of likely N-dealkylation sites (N-methyl/N-ethyl adjacent to an activating group) is 1. The van der Waals surface area contributed by atoms with E-state index in [4.69, 9.17) is 18.9 Å². The minimum Gasteiger partial charge on any atom is -0.390 e. The van der Waals surface area contributed by atoms with E-state index in [9.17, 15) is 15.0 Å². The van der Waals surface area contributed by atoms with Crippen molar-refractivity contribution in [1.82, 2.24) is 4.90 Å². The number of piperidine rings is 1. The monoisotopic (exact) mass is 449 g/mol. The summed E-state index contributed by atoms with van der Waals surface area (Å²) in [5, 5.41) is 25.2. The second-order valence-electron chi connectivity index (χ2n) is 11.9. The zero-order chi connectivity index (χ0) is 22.5. The van der Waals surface area contributed by atoms with Crippen molar-refractivity contribution in [1.29, 1.82) is 0 Å². The van der Waals surface area contributed by atoms with Gasteiger partial charge in [-0.1, -0.05) is 13.8 Å². The predicted molar refractivity (Wildman–Crippen MR) is 111 cm³/mol. The van der Waals surface area contributed by atoms with Crippen LogP contribution >= 0.6 is 0 Å². The molecule has 32 heavy (non-hydrogen) atoms. The lowest BCUT2D eigenvalue weighted by atomic mass is 9.41. The van der Waals surface area contributed by atoms with Gasteiger partial charge in [-0.2, -0.15) is 0 Å². The molecule has 5 aliphatic carbocycles. The fraction of sp³-hybridized carbons (Fsp3) is 0.958. The van der Waals surface area contributed by atoms with Crippen LogP contribution in [0.25, 0.3) is 0 Å². The fourth-order valence-electron chi connectivity index (χ4n) is 10.9. The average molecular weight is 450 g/mol. The van der Waals surface area contributed by atoms with Gasteiger partial charge in [0.25, 0.3) is 0 Å². The molecule has 0 aromatic carbocycles. The normalized spacial score (nSPS) is 64.2. The third-order valence-corrected chi connectivity index (χ3v) is 11.4. The number of nitrogens with zero attached hydrogens (tertiary/aromatic N) is 1. The quantitative estimate of drug-likeness (QED) is 0.637. The first-order valence-electron chi connectivity index (χ1n) is 12.2. The van der Waals surface area contributed by atoms with Crippen molar-refractivity contribution in [2.45, 2.75) is 80.7 Å². The van der Waals surface area contributed by atoms with Gasteiger partial charge in [0.1, 0.15) is 23.8 Å². The molecule has 7 rings (SSSR count). The highest BCUT2D eigenvalue weighted by Crippen LogP contribution is 2.82. The Balaban J connectivity index is 1.61. The first-order valence-corrected chi connectivity index (χ1v) is 12.2. The molecule has 7 aliphatic rings. The minimum atomic E-state index is -1.35. The van der Waals surface area contributed by atoms with Crippen LogP contribution in [0.4, 0.5) is 0 Å². The molecule has 8 nitrogen and oxygen atoms in total. The van der Waals surface area contributed by atoms with Gasteiger partial charge in [-0.3, -0.25) is 9.69 Å². The zero-order valence-corrected chi connectivity index (χ0v) is 19.4. The van der Waals surface area contributed by atoms with Gasteiger partial charge in [-0.25, -0.2) is 0 Å². The van der Waals surface area contributed by atoms with Crippen LogP contribution in [0.5, 0.6) is 0 Å². The molecule has 5 saturated carbocycles. The van der Waals surface area contributed by atoms with E-state index in [1.54, 1.807) is 14.2 Å². The van der Waals surface area contributed by atoms with Gasteiger partial charge in [0.2, 0.25) is 0 Å². The number of carbonyl (C=O) groups is 1. The Morgan fingerprint density at radius 3 is 2.69 bits per heavy atom. The van der Waals surface area contributed by atoms with Gasteiger partial charge in [0.15, 0.2) is 0 Å². The number of ketones is 1. The maximum Gasteiger partial charge on any atom is 0.148 e. The summed E-state index contributed by atoms with van der Waals surface area (Å²) < 4.78 is 25.0. The van der Waals surface area contributed by atoms with E-state index in [1.807, 2.05) is 0 Å². The molecule has 2 saturated heterocycles. The summed E-state index contributed by atoms with van der Waals surface area (Å²) in [6.45, 7) is 6.00. The maximum atomic E-state index is 13.9. The van der Waals surface area contributed by atoms with E-state index in [-0.39, 0.29) is 48.1 Å². The van der Waals surface area contributed by atoms with Crippen LogP contribution in [0.3, 0.4) is 0 Å². The zero-order valence-electron chi connectivity index (χ0n) is 19.4. The molecule has 3 spiro atoms. The van der Waals surface area contributed by atoms with Crippen LogP contribution in [0.2, 0.25) is 0 Å². The van der Waals surface area contributed by atoms with Crippen molar-refractivity contribution < 1.29 is 34.0 Å². The lowest BCUT2D eigenvalue weighted by molar-refractivity contribution is -0.317. The van der Waals surface area contributed by atoms with Gasteiger partial charge >= 0.3 is 0 Å². The Hall–Kier alpha value is -0.610. The third kappa shape index (κ3) is 1.63. The summed E-state index contributed by atoms with van der Waals surface area (Å²) >= 11 is 0. The van der Waals surface area contributed by atoms with E-state index in [0.717, 1.165) is 25.9 Å². The number of aliphatic hydroxyl groups is 2. The number of carbonyl (C=O) groups excluding carboxylic acids is 1. The van der Waals surface area contributed by atoms with Crippen molar-refractivity contribution in [3.63, 3.8) is 0 Å². The van der Waals surface area contributed by atoms with Gasteiger partial charge < -0.3 is 29.2 Å². The molecule has 12 atom stereocenters. The van der Waals surface area contributed by atoms with E-state index in [0.29, 0.717) is 12.8 Å². The van der Waals surface area contributed by atoms with Crippen molar-refractivity contribution >= 4 is 5.78 Å². The lowest BCUT2D eigenvalue weighted by Gasteiger charge is -2.71. The molecule has 0 amide bonds. The molecule has 0 aromatic heterocycles. The highest BCUT2D eigenvalue weighted by Gasteiger charge is 2.97. The number of hydrogen-bond acceptors (Lipinski definition) is 8. The van der Waals surface area contributed by atoms with Gasteiger partial charge in [-0.15, -0.1) is 0 Å². The fourth-order valence-corrected chi connectivity index (χ4v) is 10.9. The number of rotatable bonds is 3. The Labute approximate surface area is 188 Å². The number of Topliss-reactive ketones (excluding diaryl/α,β-unsaturated/α-hetero) is 1. The molecule has 2 N–H and O–H groups in total. The Morgan fingerprint density at radius 2 is 2.00 bits per heavy atom. The van der Waals surface area contributed by atoms with Crippen LogP contribution < -0.4 is 0 Å². The minimum absolute atomic E-state index is 0.0110. The van der Waals surface area contributed by atoms with Gasteiger partial charge in [0, 0.05) is 39.0 Å². The first kappa shape index (κ1) is 20.7.